The molecule has 1 fully saturated rings. The average molecular weight is 509 g/mol. The van der Waals surface area contributed by atoms with Crippen molar-refractivity contribution in [2.24, 2.45) is 0 Å². The van der Waals surface area contributed by atoms with E-state index in [-0.39, 0.29) is 0 Å². The van der Waals surface area contributed by atoms with E-state index in [9.17, 15) is 16.8 Å². The lowest BCUT2D eigenvalue weighted by Gasteiger charge is -2.34. The van der Waals surface area contributed by atoms with Crippen LogP contribution in [0.25, 0.3) is 0 Å². The maximum atomic E-state index is 12.3. The van der Waals surface area contributed by atoms with E-state index in [0.29, 0.717) is 22.9 Å². The summed E-state index contributed by atoms with van der Waals surface area (Å²) in [6, 6.07) is 13.7. The Kier molecular flexibility index (Phi) is 9.64. The van der Waals surface area contributed by atoms with E-state index in [1.807, 2.05) is 13.8 Å². The third kappa shape index (κ3) is 8.14. The Morgan fingerprint density at radius 3 is 1.26 bits per heavy atom. The molecule has 0 unspecified atom stereocenters. The van der Waals surface area contributed by atoms with Gasteiger partial charge in [0.2, 0.25) is 20.0 Å². The van der Waals surface area contributed by atoms with E-state index in [2.05, 4.69) is 19.2 Å². The first kappa shape index (κ1) is 26.8. The smallest absolute Gasteiger partial charge is 0.240 e. The van der Waals surface area contributed by atoms with E-state index in [0.717, 1.165) is 63.2 Å². The quantitative estimate of drug-likeness (QED) is 0.425. The fourth-order valence-corrected chi connectivity index (χ4v) is 6.00. The molecule has 0 aliphatic carbocycles. The summed E-state index contributed by atoms with van der Waals surface area (Å²) in [6.45, 7) is 10.1. The van der Waals surface area contributed by atoms with Crippen LogP contribution in [0, 0.1) is 13.8 Å². The normalized spacial score (nSPS) is 16.1. The van der Waals surface area contributed by atoms with Crippen molar-refractivity contribution in [2.75, 3.05) is 52.4 Å². The molecular formula is C24H36N4O4S2. The molecule has 3 rings (SSSR count). The van der Waals surface area contributed by atoms with Crippen LogP contribution in [0.15, 0.2) is 58.3 Å². The molecule has 2 N–H and O–H groups in total. The van der Waals surface area contributed by atoms with Gasteiger partial charge in [0, 0.05) is 39.3 Å². The van der Waals surface area contributed by atoms with Crippen molar-refractivity contribution >= 4 is 20.0 Å². The van der Waals surface area contributed by atoms with Crippen molar-refractivity contribution in [1.82, 2.24) is 19.2 Å². The molecule has 0 amide bonds. The summed E-state index contributed by atoms with van der Waals surface area (Å²) >= 11 is 0. The van der Waals surface area contributed by atoms with Gasteiger partial charge in [0.05, 0.1) is 9.79 Å². The number of nitrogens with one attached hydrogen (secondary N) is 2. The molecule has 2 aromatic rings. The monoisotopic (exact) mass is 508 g/mol. The second kappa shape index (κ2) is 12.2. The van der Waals surface area contributed by atoms with Crippen molar-refractivity contribution in [3.63, 3.8) is 0 Å². The number of hydrogen-bond donors (Lipinski definition) is 2. The Balaban J connectivity index is 1.28. The van der Waals surface area contributed by atoms with Crippen LogP contribution in [0.2, 0.25) is 0 Å². The van der Waals surface area contributed by atoms with Gasteiger partial charge in [-0.3, -0.25) is 0 Å². The molecule has 0 spiro atoms. The van der Waals surface area contributed by atoms with E-state index < -0.39 is 20.0 Å². The maximum absolute atomic E-state index is 12.3. The summed E-state index contributed by atoms with van der Waals surface area (Å²) in [7, 11) is -6.91. The van der Waals surface area contributed by atoms with Crippen molar-refractivity contribution in [1.29, 1.82) is 0 Å². The molecule has 8 nitrogen and oxygen atoms in total. The van der Waals surface area contributed by atoms with Crippen molar-refractivity contribution < 1.29 is 16.8 Å². The third-order valence-corrected chi connectivity index (χ3v) is 8.97. The summed E-state index contributed by atoms with van der Waals surface area (Å²) in [4.78, 5) is 5.29. The van der Waals surface area contributed by atoms with Crippen LogP contribution >= 0.6 is 0 Å². The van der Waals surface area contributed by atoms with Crippen molar-refractivity contribution in [3.8, 4) is 0 Å². The van der Waals surface area contributed by atoms with Gasteiger partial charge in [-0.1, -0.05) is 35.4 Å². The molecule has 10 heteroatoms. The summed E-state index contributed by atoms with van der Waals surface area (Å²) in [5.74, 6) is 0. The number of aryl methyl sites for hydroxylation is 2. The van der Waals surface area contributed by atoms with Crippen LogP contribution in [-0.2, 0) is 20.0 Å². The first-order valence-corrected chi connectivity index (χ1v) is 14.7. The molecule has 0 bridgehead atoms. The molecule has 0 atom stereocenters. The summed E-state index contributed by atoms with van der Waals surface area (Å²) in [6.07, 6.45) is 1.51. The summed E-state index contributed by atoms with van der Waals surface area (Å²) < 4.78 is 54.7. The Morgan fingerprint density at radius 1 is 0.618 bits per heavy atom. The van der Waals surface area contributed by atoms with Crippen LogP contribution in [0.1, 0.15) is 24.0 Å². The van der Waals surface area contributed by atoms with Crippen LogP contribution in [0.3, 0.4) is 0 Å². The number of rotatable bonds is 12. The number of sulfonamides is 2. The lowest BCUT2D eigenvalue weighted by Crippen LogP contribution is -2.47. The van der Waals surface area contributed by atoms with Gasteiger partial charge in [-0.2, -0.15) is 0 Å². The molecule has 1 heterocycles. The predicted octanol–water partition coefficient (Wildman–Crippen LogP) is 1.96. The molecule has 1 aliphatic rings. The second-order valence-electron chi connectivity index (χ2n) is 8.81. The van der Waals surface area contributed by atoms with Gasteiger partial charge in [0.25, 0.3) is 0 Å². The van der Waals surface area contributed by atoms with Crippen molar-refractivity contribution in [2.45, 2.75) is 36.5 Å². The minimum absolute atomic E-state index is 0.299. The maximum Gasteiger partial charge on any atom is 0.240 e. The number of piperazine rings is 1. The Labute approximate surface area is 204 Å². The van der Waals surface area contributed by atoms with E-state index >= 15 is 0 Å². The Bertz CT molecular complexity index is 1020. The third-order valence-electron chi connectivity index (χ3n) is 6.01. The zero-order valence-corrected chi connectivity index (χ0v) is 21.7. The van der Waals surface area contributed by atoms with Crippen LogP contribution < -0.4 is 9.44 Å². The lowest BCUT2D eigenvalue weighted by atomic mass is 10.2. The number of benzene rings is 2. The standard InChI is InChI=1S/C24H36N4O4S2/c1-21-5-9-23(10-6-21)33(29,30)25-13-3-15-27-17-19-28(20-18-27)16-4-14-26-34(31,32)24-11-7-22(2)8-12-24/h5-12,25-26H,3-4,13-20H2,1-2H3. The molecule has 1 aliphatic heterocycles. The molecule has 0 aromatic heterocycles. The van der Waals surface area contributed by atoms with Crippen LogP contribution in [-0.4, -0.2) is 79.0 Å². The molecule has 1 saturated heterocycles. The fraction of sp³-hybridized carbons (Fsp3) is 0.500. The molecule has 0 radical (unpaired) electrons. The highest BCUT2D eigenvalue weighted by atomic mass is 32.2. The van der Waals surface area contributed by atoms with E-state index in [1.54, 1.807) is 48.5 Å². The van der Waals surface area contributed by atoms with E-state index in [4.69, 9.17) is 0 Å². The summed E-state index contributed by atoms with van der Waals surface area (Å²) in [5, 5.41) is 0. The number of hydrogen-bond acceptors (Lipinski definition) is 6. The molecule has 34 heavy (non-hydrogen) atoms. The minimum atomic E-state index is -3.46. The Hall–Kier alpha value is -1.82. The second-order valence-corrected chi connectivity index (χ2v) is 12.3. The first-order valence-electron chi connectivity index (χ1n) is 11.7. The minimum Gasteiger partial charge on any atom is -0.301 e. The summed E-state index contributed by atoms with van der Waals surface area (Å²) in [5.41, 5.74) is 2.06. The van der Waals surface area contributed by atoms with Crippen LogP contribution in [0.4, 0.5) is 0 Å². The highest BCUT2D eigenvalue weighted by Crippen LogP contribution is 2.11. The average Bonchev–Trinajstić information content (AvgIpc) is 2.81. The van der Waals surface area contributed by atoms with Gasteiger partial charge in [0.1, 0.15) is 0 Å². The van der Waals surface area contributed by atoms with Gasteiger partial charge in [0.15, 0.2) is 0 Å². The fourth-order valence-electron chi connectivity index (χ4n) is 3.86. The predicted molar refractivity (Wildman–Crippen MR) is 135 cm³/mol. The SMILES string of the molecule is Cc1ccc(S(=O)(=O)NCCCN2CCN(CCCNS(=O)(=O)c3ccc(C)cc3)CC2)cc1. The number of nitrogens with zero attached hydrogens (tertiary/aromatic N) is 2. The van der Waals surface area contributed by atoms with E-state index in [1.165, 1.54) is 0 Å². The lowest BCUT2D eigenvalue weighted by molar-refractivity contribution is 0.131. The van der Waals surface area contributed by atoms with Gasteiger partial charge < -0.3 is 9.80 Å². The largest absolute Gasteiger partial charge is 0.301 e. The highest BCUT2D eigenvalue weighted by molar-refractivity contribution is 7.89. The molecule has 2 aromatic carbocycles. The van der Waals surface area contributed by atoms with Gasteiger partial charge in [-0.25, -0.2) is 26.3 Å². The zero-order chi connectivity index (χ0) is 24.6. The van der Waals surface area contributed by atoms with Gasteiger partial charge in [-0.05, 0) is 64.0 Å². The van der Waals surface area contributed by atoms with Crippen LogP contribution in [0.5, 0.6) is 0 Å². The molecule has 0 saturated carbocycles. The molecule has 188 valence electrons. The van der Waals surface area contributed by atoms with Crippen molar-refractivity contribution in [3.05, 3.63) is 59.7 Å². The molecular weight excluding hydrogens is 472 g/mol. The van der Waals surface area contributed by atoms with Gasteiger partial charge >= 0.3 is 0 Å². The first-order chi connectivity index (χ1) is 16.2. The zero-order valence-electron chi connectivity index (χ0n) is 20.0. The highest BCUT2D eigenvalue weighted by Gasteiger charge is 2.18. The Morgan fingerprint density at radius 2 is 0.941 bits per heavy atom. The van der Waals surface area contributed by atoms with Gasteiger partial charge in [-0.15, -0.1) is 0 Å². The topological polar surface area (TPSA) is 98.8 Å².